The highest BCUT2D eigenvalue weighted by atomic mass is 79.9. The summed E-state index contributed by atoms with van der Waals surface area (Å²) in [7, 11) is 0. The van der Waals surface area contributed by atoms with Gasteiger partial charge < -0.3 is 5.32 Å². The summed E-state index contributed by atoms with van der Waals surface area (Å²) in [6.45, 7) is 0. The summed E-state index contributed by atoms with van der Waals surface area (Å²) in [5.74, 6) is 0.439. The van der Waals surface area contributed by atoms with Crippen molar-refractivity contribution in [3.63, 3.8) is 0 Å². The number of imidazole rings is 1. The SMILES string of the molecule is Fc1ccc(Br)cc1-n1ccnc1NC1CC1. The maximum atomic E-state index is 13.8. The van der Waals surface area contributed by atoms with Crippen LogP contribution in [0.2, 0.25) is 0 Å². The molecular formula is C12H11BrFN3. The Labute approximate surface area is 107 Å². The first-order valence-corrected chi connectivity index (χ1v) is 6.28. The Hall–Kier alpha value is -1.36. The molecular weight excluding hydrogens is 285 g/mol. The quantitative estimate of drug-likeness (QED) is 0.941. The minimum atomic E-state index is -0.259. The monoisotopic (exact) mass is 295 g/mol. The second-order valence-corrected chi connectivity index (χ2v) is 5.05. The fourth-order valence-electron chi connectivity index (χ4n) is 1.69. The van der Waals surface area contributed by atoms with Crippen LogP contribution in [0.4, 0.5) is 10.3 Å². The van der Waals surface area contributed by atoms with Gasteiger partial charge in [0.1, 0.15) is 5.82 Å². The Morgan fingerprint density at radius 3 is 3.00 bits per heavy atom. The van der Waals surface area contributed by atoms with Crippen molar-refractivity contribution in [3.05, 3.63) is 40.9 Å². The van der Waals surface area contributed by atoms with Gasteiger partial charge in [0.25, 0.3) is 0 Å². The van der Waals surface area contributed by atoms with Crippen molar-refractivity contribution in [2.45, 2.75) is 18.9 Å². The molecule has 0 spiro atoms. The maximum absolute atomic E-state index is 13.8. The average molecular weight is 296 g/mol. The van der Waals surface area contributed by atoms with Crippen LogP contribution < -0.4 is 5.32 Å². The second-order valence-electron chi connectivity index (χ2n) is 4.14. The highest BCUT2D eigenvalue weighted by Gasteiger charge is 2.23. The summed E-state index contributed by atoms with van der Waals surface area (Å²) in [4.78, 5) is 4.21. The van der Waals surface area contributed by atoms with Gasteiger partial charge in [0, 0.05) is 22.9 Å². The Balaban J connectivity index is 2.01. The third-order valence-electron chi connectivity index (χ3n) is 2.72. The molecule has 1 aliphatic rings. The molecule has 2 aromatic rings. The molecule has 1 N–H and O–H groups in total. The van der Waals surface area contributed by atoms with Crippen molar-refractivity contribution in [2.75, 3.05) is 5.32 Å². The van der Waals surface area contributed by atoms with Crippen molar-refractivity contribution in [1.29, 1.82) is 0 Å². The van der Waals surface area contributed by atoms with Gasteiger partial charge in [-0.15, -0.1) is 0 Å². The van der Waals surface area contributed by atoms with Gasteiger partial charge in [-0.1, -0.05) is 15.9 Å². The number of aromatic nitrogens is 2. The highest BCUT2D eigenvalue weighted by molar-refractivity contribution is 9.10. The first-order chi connectivity index (χ1) is 8.24. The molecule has 1 saturated carbocycles. The topological polar surface area (TPSA) is 29.9 Å². The van der Waals surface area contributed by atoms with E-state index in [1.54, 1.807) is 29.1 Å². The van der Waals surface area contributed by atoms with E-state index >= 15 is 0 Å². The zero-order chi connectivity index (χ0) is 11.8. The Morgan fingerprint density at radius 2 is 2.24 bits per heavy atom. The van der Waals surface area contributed by atoms with Crippen LogP contribution in [0, 0.1) is 5.82 Å². The van der Waals surface area contributed by atoms with Gasteiger partial charge in [-0.25, -0.2) is 9.37 Å². The molecule has 1 aromatic heterocycles. The molecule has 1 aliphatic carbocycles. The van der Waals surface area contributed by atoms with Crippen molar-refractivity contribution in [2.24, 2.45) is 0 Å². The molecule has 0 bridgehead atoms. The lowest BCUT2D eigenvalue weighted by molar-refractivity contribution is 0.618. The number of nitrogens with one attached hydrogen (secondary N) is 1. The van der Waals surface area contributed by atoms with E-state index in [1.165, 1.54) is 6.07 Å². The molecule has 1 aromatic carbocycles. The molecule has 0 amide bonds. The number of hydrogen-bond donors (Lipinski definition) is 1. The van der Waals surface area contributed by atoms with E-state index in [4.69, 9.17) is 0 Å². The minimum Gasteiger partial charge on any atom is -0.353 e. The summed E-state index contributed by atoms with van der Waals surface area (Å²) in [6, 6.07) is 5.37. The molecule has 0 aliphatic heterocycles. The van der Waals surface area contributed by atoms with E-state index in [-0.39, 0.29) is 5.82 Å². The molecule has 3 nitrogen and oxygen atoms in total. The summed E-state index contributed by atoms with van der Waals surface area (Å²) >= 11 is 3.35. The first-order valence-electron chi connectivity index (χ1n) is 5.49. The van der Waals surface area contributed by atoms with Crippen LogP contribution in [-0.4, -0.2) is 15.6 Å². The van der Waals surface area contributed by atoms with Gasteiger partial charge in [0.2, 0.25) is 5.95 Å². The molecule has 0 atom stereocenters. The Bertz CT molecular complexity index is 548. The molecule has 1 fully saturated rings. The van der Waals surface area contributed by atoms with Crippen LogP contribution in [0.15, 0.2) is 35.1 Å². The van der Waals surface area contributed by atoms with Crippen LogP contribution in [0.3, 0.4) is 0 Å². The lowest BCUT2D eigenvalue weighted by Gasteiger charge is -2.10. The van der Waals surface area contributed by atoms with E-state index in [9.17, 15) is 4.39 Å². The van der Waals surface area contributed by atoms with E-state index in [2.05, 4.69) is 26.2 Å². The van der Waals surface area contributed by atoms with E-state index < -0.39 is 0 Å². The van der Waals surface area contributed by atoms with Gasteiger partial charge in [-0.2, -0.15) is 0 Å². The van der Waals surface area contributed by atoms with Gasteiger partial charge >= 0.3 is 0 Å². The molecule has 5 heteroatoms. The largest absolute Gasteiger partial charge is 0.353 e. The molecule has 0 unspecified atom stereocenters. The van der Waals surface area contributed by atoms with Crippen LogP contribution >= 0.6 is 15.9 Å². The van der Waals surface area contributed by atoms with Gasteiger partial charge in [0.05, 0.1) is 5.69 Å². The number of anilines is 1. The number of hydrogen-bond acceptors (Lipinski definition) is 2. The first kappa shape index (κ1) is 10.8. The highest BCUT2D eigenvalue weighted by Crippen LogP contribution is 2.27. The third-order valence-corrected chi connectivity index (χ3v) is 3.21. The summed E-state index contributed by atoms with van der Waals surface area (Å²) in [6.07, 6.45) is 5.75. The smallest absolute Gasteiger partial charge is 0.207 e. The third kappa shape index (κ3) is 2.20. The van der Waals surface area contributed by atoms with Gasteiger partial charge in [-0.05, 0) is 31.0 Å². The van der Waals surface area contributed by atoms with Crippen LogP contribution in [-0.2, 0) is 0 Å². The second kappa shape index (κ2) is 4.14. The molecule has 88 valence electrons. The molecule has 0 saturated heterocycles. The van der Waals surface area contributed by atoms with Crippen LogP contribution in [0.5, 0.6) is 0 Å². The summed E-state index contributed by atoms with van der Waals surface area (Å²) in [5.41, 5.74) is 0.500. The molecule has 17 heavy (non-hydrogen) atoms. The average Bonchev–Trinajstić information content (AvgIpc) is 3.00. The number of halogens is 2. The molecule has 0 radical (unpaired) electrons. The maximum Gasteiger partial charge on any atom is 0.207 e. The number of benzene rings is 1. The lowest BCUT2D eigenvalue weighted by atomic mass is 10.3. The van der Waals surface area contributed by atoms with Crippen molar-refractivity contribution < 1.29 is 4.39 Å². The van der Waals surface area contributed by atoms with E-state index in [0.717, 1.165) is 17.3 Å². The Kier molecular flexibility index (Phi) is 2.63. The van der Waals surface area contributed by atoms with E-state index in [1.807, 2.05) is 0 Å². The van der Waals surface area contributed by atoms with Crippen LogP contribution in [0.25, 0.3) is 5.69 Å². The zero-order valence-corrected chi connectivity index (χ0v) is 10.6. The molecule has 1 heterocycles. The number of rotatable bonds is 3. The van der Waals surface area contributed by atoms with Crippen molar-refractivity contribution in [3.8, 4) is 5.69 Å². The predicted octanol–water partition coefficient (Wildman–Crippen LogP) is 3.35. The van der Waals surface area contributed by atoms with Gasteiger partial charge in [0.15, 0.2) is 0 Å². The van der Waals surface area contributed by atoms with Crippen molar-refractivity contribution >= 4 is 21.9 Å². The fraction of sp³-hybridized carbons (Fsp3) is 0.250. The number of nitrogens with zero attached hydrogens (tertiary/aromatic N) is 2. The standard InChI is InChI=1S/C12H11BrFN3/c13-8-1-4-10(14)11(7-8)17-6-5-15-12(17)16-9-2-3-9/h1,4-7,9H,2-3H2,(H,15,16). The summed E-state index contributed by atoms with van der Waals surface area (Å²) in [5, 5.41) is 3.28. The normalized spacial score (nSPS) is 14.9. The Morgan fingerprint density at radius 1 is 1.41 bits per heavy atom. The minimum absolute atomic E-state index is 0.259. The van der Waals surface area contributed by atoms with Crippen molar-refractivity contribution in [1.82, 2.24) is 9.55 Å². The van der Waals surface area contributed by atoms with Crippen LogP contribution in [0.1, 0.15) is 12.8 Å². The summed E-state index contributed by atoms with van der Waals surface area (Å²) < 4.78 is 16.4. The zero-order valence-electron chi connectivity index (χ0n) is 9.03. The predicted molar refractivity (Wildman–Crippen MR) is 67.9 cm³/mol. The molecule has 3 rings (SSSR count). The van der Waals surface area contributed by atoms with E-state index in [0.29, 0.717) is 17.7 Å². The van der Waals surface area contributed by atoms with Gasteiger partial charge in [-0.3, -0.25) is 4.57 Å². The lowest BCUT2D eigenvalue weighted by Crippen LogP contribution is -2.08. The fourth-order valence-corrected chi connectivity index (χ4v) is 2.03.